The van der Waals surface area contributed by atoms with Crippen LogP contribution >= 0.6 is 24.0 Å². The summed E-state index contributed by atoms with van der Waals surface area (Å²) in [6, 6.07) is 14.5. The second-order valence-electron chi connectivity index (χ2n) is 6.65. The van der Waals surface area contributed by atoms with Crippen molar-refractivity contribution in [3.63, 3.8) is 0 Å². The molecule has 0 spiro atoms. The Kier molecular flexibility index (Phi) is 8.18. The number of pyridine rings is 1. The third-order valence-electron chi connectivity index (χ3n) is 3.67. The Morgan fingerprint density at radius 3 is 2.42 bits per heavy atom. The van der Waals surface area contributed by atoms with E-state index in [0.717, 1.165) is 24.2 Å². The van der Waals surface area contributed by atoms with Gasteiger partial charge in [-0.2, -0.15) is 0 Å². The second kappa shape index (κ2) is 9.61. The maximum Gasteiger partial charge on any atom is 0.188 e. The number of benzene rings is 1. The highest BCUT2D eigenvalue weighted by Crippen LogP contribution is 2.22. The summed E-state index contributed by atoms with van der Waals surface area (Å²) in [4.78, 5) is 8.66. The van der Waals surface area contributed by atoms with Gasteiger partial charge in [0.25, 0.3) is 0 Å². The topological polar surface area (TPSA) is 63.3 Å². The Bertz CT molecular complexity index is 631. The van der Waals surface area contributed by atoms with E-state index in [4.69, 9.17) is 5.73 Å². The number of halogens is 1. The largest absolute Gasteiger partial charge is 0.370 e. The fraction of sp³-hybridized carbons (Fsp3) is 0.368. The lowest BCUT2D eigenvalue weighted by atomic mass is 9.87. The number of nitrogens with one attached hydrogen (secondary N) is 1. The average molecular weight is 438 g/mol. The first kappa shape index (κ1) is 20.4. The fourth-order valence-corrected chi connectivity index (χ4v) is 2.21. The van der Waals surface area contributed by atoms with Crippen LogP contribution in [0.2, 0.25) is 0 Å². The van der Waals surface area contributed by atoms with Gasteiger partial charge in [0.1, 0.15) is 0 Å². The molecule has 24 heavy (non-hydrogen) atoms. The highest BCUT2D eigenvalue weighted by molar-refractivity contribution is 14.0. The molecule has 4 nitrogen and oxygen atoms in total. The van der Waals surface area contributed by atoms with E-state index in [1.807, 2.05) is 18.2 Å². The lowest BCUT2D eigenvalue weighted by molar-refractivity contribution is 0.590. The molecule has 0 radical (unpaired) electrons. The van der Waals surface area contributed by atoms with E-state index >= 15 is 0 Å². The van der Waals surface area contributed by atoms with Crippen LogP contribution in [-0.2, 0) is 18.4 Å². The molecule has 1 heterocycles. The summed E-state index contributed by atoms with van der Waals surface area (Å²) in [6.07, 6.45) is 2.63. The summed E-state index contributed by atoms with van der Waals surface area (Å²) in [5.41, 5.74) is 9.61. The Hall–Kier alpha value is -1.63. The van der Waals surface area contributed by atoms with Crippen molar-refractivity contribution in [3.05, 3.63) is 65.5 Å². The van der Waals surface area contributed by atoms with Gasteiger partial charge < -0.3 is 11.1 Å². The number of hydrogen-bond acceptors (Lipinski definition) is 2. The van der Waals surface area contributed by atoms with Crippen LogP contribution in [0.25, 0.3) is 0 Å². The second-order valence-corrected chi connectivity index (χ2v) is 6.65. The van der Waals surface area contributed by atoms with Crippen molar-refractivity contribution in [3.8, 4) is 0 Å². The van der Waals surface area contributed by atoms with E-state index in [2.05, 4.69) is 60.3 Å². The van der Waals surface area contributed by atoms with Crippen molar-refractivity contribution in [1.29, 1.82) is 0 Å². The molecule has 0 aliphatic carbocycles. The zero-order valence-corrected chi connectivity index (χ0v) is 17.0. The van der Waals surface area contributed by atoms with E-state index in [9.17, 15) is 0 Å². The van der Waals surface area contributed by atoms with Gasteiger partial charge in [0.05, 0.1) is 6.54 Å². The highest BCUT2D eigenvalue weighted by atomic mass is 127. The standard InChI is InChI=1S/C19H26N4.HI/c1-19(2,3)16-9-7-15(8-10-16)14-23-18(20)22-13-11-17-6-4-5-12-21-17;/h4-10,12H,11,13-14H2,1-3H3,(H3,20,22,23);1H. The number of rotatable bonds is 5. The van der Waals surface area contributed by atoms with Crippen LogP contribution in [0.5, 0.6) is 0 Å². The zero-order valence-electron chi connectivity index (χ0n) is 14.6. The predicted octanol–water partition coefficient (Wildman–Crippen LogP) is 3.64. The fourth-order valence-electron chi connectivity index (χ4n) is 2.21. The Morgan fingerprint density at radius 2 is 1.83 bits per heavy atom. The van der Waals surface area contributed by atoms with Crippen molar-refractivity contribution < 1.29 is 0 Å². The summed E-state index contributed by atoms with van der Waals surface area (Å²) in [7, 11) is 0. The smallest absolute Gasteiger partial charge is 0.188 e. The van der Waals surface area contributed by atoms with Gasteiger partial charge in [-0.1, -0.05) is 51.1 Å². The Balaban J connectivity index is 0.00000288. The summed E-state index contributed by atoms with van der Waals surface area (Å²) >= 11 is 0. The van der Waals surface area contributed by atoms with Crippen molar-refractivity contribution in [1.82, 2.24) is 10.3 Å². The number of hydrogen-bond donors (Lipinski definition) is 2. The lowest BCUT2D eigenvalue weighted by Crippen LogP contribution is -2.33. The molecule has 0 saturated carbocycles. The highest BCUT2D eigenvalue weighted by Gasteiger charge is 2.12. The van der Waals surface area contributed by atoms with Crippen LogP contribution in [0.3, 0.4) is 0 Å². The molecule has 0 unspecified atom stereocenters. The minimum Gasteiger partial charge on any atom is -0.370 e. The molecule has 0 aliphatic rings. The minimum atomic E-state index is 0. The first-order valence-electron chi connectivity index (χ1n) is 7.98. The molecular weight excluding hydrogens is 411 g/mol. The van der Waals surface area contributed by atoms with E-state index in [-0.39, 0.29) is 29.4 Å². The van der Waals surface area contributed by atoms with Crippen LogP contribution < -0.4 is 11.1 Å². The summed E-state index contributed by atoms with van der Waals surface area (Å²) in [5.74, 6) is 0.473. The van der Waals surface area contributed by atoms with Gasteiger partial charge in [-0.05, 0) is 28.7 Å². The number of nitrogens with zero attached hydrogens (tertiary/aromatic N) is 2. The number of guanidine groups is 1. The molecule has 1 aromatic carbocycles. The molecule has 0 amide bonds. The number of nitrogens with two attached hydrogens (primary N) is 1. The van der Waals surface area contributed by atoms with Crippen molar-refractivity contribution in [2.45, 2.75) is 39.2 Å². The first-order chi connectivity index (χ1) is 10.9. The van der Waals surface area contributed by atoms with E-state index < -0.39 is 0 Å². The van der Waals surface area contributed by atoms with Gasteiger partial charge in [-0.3, -0.25) is 4.98 Å². The maximum atomic E-state index is 5.90. The van der Waals surface area contributed by atoms with Crippen molar-refractivity contribution >= 4 is 29.9 Å². The molecule has 130 valence electrons. The molecule has 0 bridgehead atoms. The molecule has 0 fully saturated rings. The molecule has 0 aliphatic heterocycles. The molecule has 2 aromatic rings. The molecule has 2 rings (SSSR count). The van der Waals surface area contributed by atoms with Crippen LogP contribution in [0.4, 0.5) is 0 Å². The van der Waals surface area contributed by atoms with E-state index in [1.54, 1.807) is 6.20 Å². The monoisotopic (exact) mass is 438 g/mol. The maximum absolute atomic E-state index is 5.90. The van der Waals surface area contributed by atoms with Crippen molar-refractivity contribution in [2.24, 2.45) is 10.7 Å². The summed E-state index contributed by atoms with van der Waals surface area (Å²) in [5, 5.41) is 3.12. The van der Waals surface area contributed by atoms with Gasteiger partial charge in [0, 0.05) is 24.9 Å². The first-order valence-corrected chi connectivity index (χ1v) is 7.98. The molecule has 1 aromatic heterocycles. The van der Waals surface area contributed by atoms with Gasteiger partial charge in [0.2, 0.25) is 0 Å². The average Bonchev–Trinajstić information content (AvgIpc) is 2.53. The molecule has 5 heteroatoms. The lowest BCUT2D eigenvalue weighted by Gasteiger charge is -2.18. The van der Waals surface area contributed by atoms with Gasteiger partial charge >= 0.3 is 0 Å². The van der Waals surface area contributed by atoms with Crippen LogP contribution in [0, 0.1) is 0 Å². The predicted molar refractivity (Wildman–Crippen MR) is 112 cm³/mol. The SMILES string of the molecule is CC(C)(C)c1ccc(CN=C(N)NCCc2ccccn2)cc1.I. The van der Waals surface area contributed by atoms with Gasteiger partial charge in [-0.25, -0.2) is 4.99 Å². The van der Waals surface area contributed by atoms with Gasteiger partial charge in [0.15, 0.2) is 5.96 Å². The number of aromatic nitrogens is 1. The zero-order chi connectivity index (χ0) is 16.7. The molecule has 0 saturated heterocycles. The summed E-state index contributed by atoms with van der Waals surface area (Å²) < 4.78 is 0. The minimum absolute atomic E-state index is 0. The Labute approximate surface area is 162 Å². The number of aliphatic imine (C=N–C) groups is 1. The van der Waals surface area contributed by atoms with Gasteiger partial charge in [-0.15, -0.1) is 24.0 Å². The molecule has 3 N–H and O–H groups in total. The third kappa shape index (κ3) is 6.86. The Morgan fingerprint density at radius 1 is 1.12 bits per heavy atom. The van der Waals surface area contributed by atoms with E-state index in [0.29, 0.717) is 12.5 Å². The van der Waals surface area contributed by atoms with Crippen LogP contribution in [-0.4, -0.2) is 17.5 Å². The van der Waals surface area contributed by atoms with Crippen molar-refractivity contribution in [2.75, 3.05) is 6.54 Å². The van der Waals surface area contributed by atoms with E-state index in [1.165, 1.54) is 5.56 Å². The molecule has 0 atom stereocenters. The quantitative estimate of drug-likeness (QED) is 0.426. The van der Waals surface area contributed by atoms with Crippen LogP contribution in [0.1, 0.15) is 37.6 Å². The molecular formula is C19H27IN4. The third-order valence-corrected chi connectivity index (χ3v) is 3.67. The van der Waals surface area contributed by atoms with Crippen LogP contribution in [0.15, 0.2) is 53.7 Å². The summed E-state index contributed by atoms with van der Waals surface area (Å²) in [6.45, 7) is 7.96. The normalized spacial score (nSPS) is 11.7.